The predicted octanol–water partition coefficient (Wildman–Crippen LogP) is 2.43. The van der Waals surface area contributed by atoms with Crippen LogP contribution in [0.3, 0.4) is 0 Å². The minimum atomic E-state index is -0.252. The van der Waals surface area contributed by atoms with Crippen LogP contribution in [-0.2, 0) is 9.59 Å². The Morgan fingerprint density at radius 2 is 1.70 bits per heavy atom. The number of rotatable bonds is 2. The molecule has 2 amide bonds. The fraction of sp³-hybridized carbons (Fsp3) is 0.0625. The maximum Gasteiger partial charge on any atom is 0.261 e. The van der Waals surface area contributed by atoms with Gasteiger partial charge in [0.1, 0.15) is 0 Å². The third kappa shape index (κ3) is 2.23. The monoisotopic (exact) mass is 264 g/mol. The van der Waals surface area contributed by atoms with Crippen molar-refractivity contribution in [2.45, 2.75) is 6.42 Å². The van der Waals surface area contributed by atoms with Gasteiger partial charge in [0, 0.05) is 18.0 Å². The number of imide groups is 1. The second-order valence-corrected chi connectivity index (χ2v) is 4.50. The molecule has 4 nitrogen and oxygen atoms in total. The standard InChI is InChI=1S/C16H12N2O2/c19-15-11-13(10-12-6-8-17-9-7-12)16(20)18(15)14-4-2-1-3-5-14/h1-10H,11H2/b13-10+. The van der Waals surface area contributed by atoms with Gasteiger partial charge >= 0.3 is 0 Å². The molecule has 1 aliphatic rings. The van der Waals surface area contributed by atoms with E-state index in [4.69, 9.17) is 0 Å². The van der Waals surface area contributed by atoms with Gasteiger partial charge in [-0.15, -0.1) is 0 Å². The molecule has 98 valence electrons. The summed E-state index contributed by atoms with van der Waals surface area (Å²) in [6.07, 6.45) is 5.19. The second kappa shape index (κ2) is 5.09. The highest BCUT2D eigenvalue weighted by Crippen LogP contribution is 2.26. The number of carbonyl (C=O) groups excluding carboxylic acids is 2. The highest BCUT2D eigenvalue weighted by Gasteiger charge is 2.34. The van der Waals surface area contributed by atoms with Gasteiger partial charge in [0.05, 0.1) is 12.1 Å². The Morgan fingerprint density at radius 3 is 2.40 bits per heavy atom. The van der Waals surface area contributed by atoms with E-state index >= 15 is 0 Å². The maximum absolute atomic E-state index is 12.3. The van der Waals surface area contributed by atoms with Crippen molar-refractivity contribution in [3.63, 3.8) is 0 Å². The molecule has 0 aliphatic carbocycles. The Morgan fingerprint density at radius 1 is 1.00 bits per heavy atom. The number of nitrogens with zero attached hydrogens (tertiary/aromatic N) is 2. The van der Waals surface area contributed by atoms with Crippen molar-refractivity contribution in [1.29, 1.82) is 0 Å². The molecule has 0 saturated carbocycles. The van der Waals surface area contributed by atoms with E-state index in [0.29, 0.717) is 11.3 Å². The molecule has 0 bridgehead atoms. The van der Waals surface area contributed by atoms with Crippen LogP contribution in [0.25, 0.3) is 6.08 Å². The number of pyridine rings is 1. The lowest BCUT2D eigenvalue weighted by Gasteiger charge is -2.12. The summed E-state index contributed by atoms with van der Waals surface area (Å²) in [6, 6.07) is 12.6. The van der Waals surface area contributed by atoms with E-state index in [0.717, 1.165) is 5.56 Å². The minimum absolute atomic E-state index is 0.135. The highest BCUT2D eigenvalue weighted by molar-refractivity contribution is 6.29. The highest BCUT2D eigenvalue weighted by atomic mass is 16.2. The SMILES string of the molecule is O=C1C/C(=C\c2ccncc2)C(=O)N1c1ccccc1. The summed E-state index contributed by atoms with van der Waals surface area (Å²) in [5.41, 5.74) is 1.98. The molecule has 0 N–H and O–H groups in total. The summed E-state index contributed by atoms with van der Waals surface area (Å²) in [5, 5.41) is 0. The van der Waals surface area contributed by atoms with Gasteiger partial charge in [-0.1, -0.05) is 18.2 Å². The largest absolute Gasteiger partial charge is 0.274 e. The lowest BCUT2D eigenvalue weighted by Crippen LogP contribution is -2.28. The van der Waals surface area contributed by atoms with E-state index in [1.807, 2.05) is 6.07 Å². The van der Waals surface area contributed by atoms with E-state index in [9.17, 15) is 9.59 Å². The Labute approximate surface area is 116 Å². The average Bonchev–Trinajstić information content (AvgIpc) is 2.75. The van der Waals surface area contributed by atoms with Gasteiger partial charge < -0.3 is 0 Å². The number of hydrogen-bond donors (Lipinski definition) is 0. The van der Waals surface area contributed by atoms with E-state index in [2.05, 4.69) is 4.98 Å². The molecule has 2 heterocycles. The number of anilines is 1. The number of aromatic nitrogens is 1. The zero-order valence-electron chi connectivity index (χ0n) is 10.7. The van der Waals surface area contributed by atoms with Gasteiger partial charge in [-0.05, 0) is 35.9 Å². The molecular weight excluding hydrogens is 252 g/mol. The summed E-state index contributed by atoms with van der Waals surface area (Å²) >= 11 is 0. The molecule has 1 aliphatic heterocycles. The summed E-state index contributed by atoms with van der Waals surface area (Å²) in [4.78, 5) is 29.5. The van der Waals surface area contributed by atoms with E-state index in [1.165, 1.54) is 4.90 Å². The zero-order chi connectivity index (χ0) is 13.9. The maximum atomic E-state index is 12.3. The van der Waals surface area contributed by atoms with Gasteiger partial charge in [0.2, 0.25) is 5.91 Å². The van der Waals surface area contributed by atoms with Crippen LogP contribution in [0, 0.1) is 0 Å². The number of carbonyl (C=O) groups is 2. The molecule has 1 aromatic heterocycles. The lowest BCUT2D eigenvalue weighted by molar-refractivity contribution is -0.120. The average molecular weight is 264 g/mol. The van der Waals surface area contributed by atoms with Crippen molar-refractivity contribution in [2.75, 3.05) is 4.90 Å². The number of benzene rings is 1. The van der Waals surface area contributed by atoms with Crippen LogP contribution >= 0.6 is 0 Å². The first-order chi connectivity index (χ1) is 9.75. The lowest BCUT2D eigenvalue weighted by atomic mass is 10.1. The summed E-state index contributed by atoms with van der Waals surface area (Å²) in [5.74, 6) is -0.445. The van der Waals surface area contributed by atoms with Crippen molar-refractivity contribution in [3.8, 4) is 0 Å². The molecule has 4 heteroatoms. The van der Waals surface area contributed by atoms with Crippen LogP contribution in [-0.4, -0.2) is 16.8 Å². The molecule has 1 fully saturated rings. The summed E-state index contributed by atoms with van der Waals surface area (Å²) < 4.78 is 0. The van der Waals surface area contributed by atoms with Gasteiger partial charge in [0.15, 0.2) is 0 Å². The first kappa shape index (κ1) is 12.3. The van der Waals surface area contributed by atoms with Gasteiger partial charge in [-0.3, -0.25) is 14.6 Å². The molecule has 0 unspecified atom stereocenters. The molecule has 3 rings (SSSR count). The minimum Gasteiger partial charge on any atom is -0.274 e. The molecule has 0 atom stereocenters. The molecular formula is C16H12N2O2. The second-order valence-electron chi connectivity index (χ2n) is 4.50. The first-order valence-corrected chi connectivity index (χ1v) is 6.28. The van der Waals surface area contributed by atoms with Crippen LogP contribution in [0.2, 0.25) is 0 Å². The van der Waals surface area contributed by atoms with E-state index < -0.39 is 0 Å². The summed E-state index contributed by atoms with van der Waals surface area (Å²) in [7, 11) is 0. The van der Waals surface area contributed by atoms with Crippen LogP contribution in [0.15, 0.2) is 60.4 Å². The fourth-order valence-corrected chi connectivity index (χ4v) is 2.19. The Balaban J connectivity index is 1.93. The third-order valence-corrected chi connectivity index (χ3v) is 3.13. The first-order valence-electron chi connectivity index (χ1n) is 6.28. The van der Waals surface area contributed by atoms with E-state index in [-0.39, 0.29) is 18.2 Å². The van der Waals surface area contributed by atoms with Gasteiger partial charge in [-0.2, -0.15) is 0 Å². The normalized spacial score (nSPS) is 17.0. The molecule has 1 aromatic carbocycles. The quantitative estimate of drug-likeness (QED) is 0.618. The molecule has 2 aromatic rings. The third-order valence-electron chi connectivity index (χ3n) is 3.13. The van der Waals surface area contributed by atoms with E-state index in [1.54, 1.807) is 54.9 Å². The fourth-order valence-electron chi connectivity index (χ4n) is 2.19. The van der Waals surface area contributed by atoms with Crippen molar-refractivity contribution in [2.24, 2.45) is 0 Å². The molecule has 1 saturated heterocycles. The zero-order valence-corrected chi connectivity index (χ0v) is 10.7. The van der Waals surface area contributed by atoms with Crippen LogP contribution < -0.4 is 4.90 Å². The van der Waals surface area contributed by atoms with Gasteiger partial charge in [-0.25, -0.2) is 4.90 Å². The Bertz CT molecular complexity index is 678. The van der Waals surface area contributed by atoms with Gasteiger partial charge in [0.25, 0.3) is 5.91 Å². The van der Waals surface area contributed by atoms with Crippen molar-refractivity contribution >= 4 is 23.6 Å². The topological polar surface area (TPSA) is 50.3 Å². The van der Waals surface area contributed by atoms with Crippen molar-refractivity contribution < 1.29 is 9.59 Å². The Hall–Kier alpha value is -2.75. The molecule has 20 heavy (non-hydrogen) atoms. The van der Waals surface area contributed by atoms with Crippen LogP contribution in [0.5, 0.6) is 0 Å². The number of para-hydroxylation sites is 1. The van der Waals surface area contributed by atoms with Crippen LogP contribution in [0.4, 0.5) is 5.69 Å². The van der Waals surface area contributed by atoms with Crippen molar-refractivity contribution in [3.05, 3.63) is 66.0 Å². The number of hydrogen-bond acceptors (Lipinski definition) is 3. The Kier molecular flexibility index (Phi) is 3.13. The smallest absolute Gasteiger partial charge is 0.261 e. The van der Waals surface area contributed by atoms with Crippen molar-refractivity contribution in [1.82, 2.24) is 4.98 Å². The molecule has 0 spiro atoms. The van der Waals surface area contributed by atoms with Crippen LogP contribution in [0.1, 0.15) is 12.0 Å². The predicted molar refractivity (Wildman–Crippen MR) is 75.8 cm³/mol. The number of amides is 2. The summed E-state index contributed by atoms with van der Waals surface area (Å²) in [6.45, 7) is 0. The molecule has 0 radical (unpaired) electrons.